The van der Waals surface area contributed by atoms with E-state index in [-0.39, 0.29) is 5.91 Å². The van der Waals surface area contributed by atoms with Gasteiger partial charge in [-0.15, -0.1) is 0 Å². The second kappa shape index (κ2) is 17.3. The second-order valence-corrected chi connectivity index (χ2v) is 14.7. The molecule has 0 bridgehead atoms. The Kier molecular flexibility index (Phi) is 12.1. The van der Waals surface area contributed by atoms with E-state index in [1.165, 1.54) is 71.2 Å². The van der Waals surface area contributed by atoms with Crippen LogP contribution in [0.4, 0.5) is 18.9 Å². The Labute approximate surface area is 317 Å². The number of hydrogen-bond donors (Lipinski definition) is 5. The molecule has 4 fully saturated rings. The number of pyridine rings is 1. The van der Waals surface area contributed by atoms with Crippen LogP contribution in [0.1, 0.15) is 54.7 Å². The molecular formula is C40H48F3N9O3. The van der Waals surface area contributed by atoms with Crippen molar-refractivity contribution in [2.45, 2.75) is 63.3 Å². The van der Waals surface area contributed by atoms with Gasteiger partial charge in [-0.3, -0.25) is 24.6 Å². The van der Waals surface area contributed by atoms with Gasteiger partial charge in [-0.1, -0.05) is 31.0 Å². The average molecular weight is 760 g/mol. The van der Waals surface area contributed by atoms with Crippen LogP contribution < -0.4 is 10.6 Å². The predicted octanol–water partition coefficient (Wildman–Crippen LogP) is 6.11. The van der Waals surface area contributed by atoms with Gasteiger partial charge in [-0.2, -0.15) is 18.3 Å². The molecule has 5 aromatic rings. The monoisotopic (exact) mass is 759 g/mol. The molecule has 0 saturated carbocycles. The van der Waals surface area contributed by atoms with Crippen molar-refractivity contribution in [2.75, 3.05) is 57.7 Å². The van der Waals surface area contributed by atoms with Crippen LogP contribution in [0, 0.1) is 0 Å². The lowest BCUT2D eigenvalue weighted by molar-refractivity contribution is -0.192. The van der Waals surface area contributed by atoms with E-state index < -0.39 is 12.1 Å². The number of aromatic nitrogens is 4. The number of carboxylic acid groups (broad SMARTS) is 1. The van der Waals surface area contributed by atoms with E-state index in [2.05, 4.69) is 64.8 Å². The molecule has 2 atom stereocenters. The minimum atomic E-state index is -5.08. The number of aromatic amines is 2. The third-order valence-corrected chi connectivity index (χ3v) is 11.0. The highest BCUT2D eigenvalue weighted by Crippen LogP contribution is 2.34. The van der Waals surface area contributed by atoms with Crippen LogP contribution in [0.3, 0.4) is 0 Å². The molecule has 292 valence electrons. The average Bonchev–Trinajstić information content (AvgIpc) is 3.89. The van der Waals surface area contributed by atoms with Crippen molar-refractivity contribution in [1.82, 2.24) is 40.2 Å². The third-order valence-electron chi connectivity index (χ3n) is 11.0. The summed E-state index contributed by atoms with van der Waals surface area (Å²) in [7, 11) is 0. The first-order valence-corrected chi connectivity index (χ1v) is 19.1. The number of aliphatic carboxylic acids is 1. The highest BCUT2D eigenvalue weighted by atomic mass is 19.4. The number of hydrogen-bond acceptors (Lipinski definition) is 8. The number of piperidine rings is 2. The number of carbonyl (C=O) groups is 2. The summed E-state index contributed by atoms with van der Waals surface area (Å²) >= 11 is 0. The summed E-state index contributed by atoms with van der Waals surface area (Å²) in [6.45, 7) is 10.3. The third kappa shape index (κ3) is 9.53. The standard InChI is InChI=1S/C30H31N7O.C8H16N2.C2HF3O2/c38-30(27-9-3-5-21(33-27)18-36-13-14-37-12-2-1-6-22(37)19-36)34-28-15-20(16-29-25(28)17-32-35-29)23-7-4-8-26-24(23)10-11-31-26;1-2-5-10-6-4-9-7-8(10)3-1;3-2(4,5)1(6)7/h3-5,7-11,15-17,22,31H,1-2,6,12-14,18-19H2,(H,32,35)(H,34,38);8-9H,1-7H2;(H,6,7). The van der Waals surface area contributed by atoms with Gasteiger partial charge in [0.15, 0.2) is 0 Å². The Morgan fingerprint density at radius 1 is 0.873 bits per heavy atom. The van der Waals surface area contributed by atoms with E-state index in [1.54, 1.807) is 12.3 Å². The van der Waals surface area contributed by atoms with Crippen molar-refractivity contribution in [3.05, 3.63) is 78.4 Å². The maximum atomic E-state index is 13.4. The molecule has 2 aromatic carbocycles. The van der Waals surface area contributed by atoms with Crippen molar-refractivity contribution in [3.63, 3.8) is 0 Å². The summed E-state index contributed by atoms with van der Waals surface area (Å²) in [5, 5.41) is 23.0. The number of halogens is 3. The molecule has 0 aliphatic carbocycles. The Balaban J connectivity index is 0.000000226. The van der Waals surface area contributed by atoms with Gasteiger partial charge in [0.05, 0.1) is 23.1 Å². The van der Waals surface area contributed by atoms with Crippen LogP contribution in [0.25, 0.3) is 32.9 Å². The number of H-pyrrole nitrogens is 2. The molecule has 1 amide bonds. The number of anilines is 1. The minimum Gasteiger partial charge on any atom is -0.475 e. The maximum Gasteiger partial charge on any atom is 0.490 e. The highest BCUT2D eigenvalue weighted by Gasteiger charge is 2.38. The van der Waals surface area contributed by atoms with Crippen LogP contribution in [0.5, 0.6) is 0 Å². The summed E-state index contributed by atoms with van der Waals surface area (Å²) < 4.78 is 31.7. The van der Waals surface area contributed by atoms with Gasteiger partial charge < -0.3 is 20.7 Å². The number of carboxylic acids is 1. The summed E-state index contributed by atoms with van der Waals surface area (Å²) in [5.41, 5.74) is 6.11. The Bertz CT molecular complexity index is 2060. The zero-order valence-corrected chi connectivity index (χ0v) is 30.7. The molecule has 15 heteroatoms. The molecule has 0 radical (unpaired) electrons. The van der Waals surface area contributed by atoms with Crippen LogP contribution in [0.15, 0.2) is 67.0 Å². The fourth-order valence-electron chi connectivity index (χ4n) is 8.20. The molecule has 3 aromatic heterocycles. The normalized spacial score (nSPS) is 20.7. The number of nitrogens with one attached hydrogen (secondary N) is 4. The molecule has 7 heterocycles. The molecule has 9 rings (SSSR count). The summed E-state index contributed by atoms with van der Waals surface area (Å²) in [6, 6.07) is 19.6. The lowest BCUT2D eigenvalue weighted by atomic mass is 9.99. The van der Waals surface area contributed by atoms with Crippen molar-refractivity contribution < 1.29 is 27.9 Å². The number of alkyl halides is 3. The molecule has 4 aliphatic heterocycles. The summed E-state index contributed by atoms with van der Waals surface area (Å²) in [4.78, 5) is 38.1. The fraction of sp³-hybridized carbons (Fsp3) is 0.450. The van der Waals surface area contributed by atoms with E-state index in [0.29, 0.717) is 17.4 Å². The number of carbonyl (C=O) groups excluding carboxylic acids is 1. The first-order chi connectivity index (χ1) is 26.6. The number of fused-ring (bicyclic) bond motifs is 4. The van der Waals surface area contributed by atoms with Crippen molar-refractivity contribution in [2.24, 2.45) is 0 Å². The minimum absolute atomic E-state index is 0.219. The fourth-order valence-corrected chi connectivity index (χ4v) is 8.20. The number of amides is 1. The number of rotatable bonds is 5. The van der Waals surface area contributed by atoms with Gasteiger partial charge in [-0.05, 0) is 86.3 Å². The molecule has 12 nitrogen and oxygen atoms in total. The van der Waals surface area contributed by atoms with Crippen LogP contribution in [-0.2, 0) is 11.3 Å². The molecule has 0 spiro atoms. The van der Waals surface area contributed by atoms with Crippen molar-refractivity contribution in [3.8, 4) is 11.1 Å². The zero-order valence-electron chi connectivity index (χ0n) is 30.7. The lowest BCUT2D eigenvalue weighted by Gasteiger charge is -2.44. The summed E-state index contributed by atoms with van der Waals surface area (Å²) in [5.74, 6) is -2.98. The van der Waals surface area contributed by atoms with E-state index in [9.17, 15) is 18.0 Å². The Morgan fingerprint density at radius 3 is 2.42 bits per heavy atom. The topological polar surface area (TPSA) is 146 Å². The predicted molar refractivity (Wildman–Crippen MR) is 206 cm³/mol. The second-order valence-electron chi connectivity index (χ2n) is 14.7. The van der Waals surface area contributed by atoms with Gasteiger partial charge >= 0.3 is 12.1 Å². The van der Waals surface area contributed by atoms with Crippen LogP contribution in [-0.4, -0.2) is 122 Å². The molecule has 5 N–H and O–H groups in total. The molecule has 4 aliphatic rings. The largest absolute Gasteiger partial charge is 0.490 e. The molecular weight excluding hydrogens is 711 g/mol. The van der Waals surface area contributed by atoms with E-state index in [0.717, 1.165) is 70.8 Å². The van der Waals surface area contributed by atoms with Crippen LogP contribution >= 0.6 is 0 Å². The van der Waals surface area contributed by atoms with Gasteiger partial charge in [0.25, 0.3) is 5.91 Å². The Hall–Kier alpha value is -4.83. The molecule has 4 saturated heterocycles. The van der Waals surface area contributed by atoms with Crippen molar-refractivity contribution >= 4 is 39.4 Å². The van der Waals surface area contributed by atoms with Gasteiger partial charge in [0.2, 0.25) is 0 Å². The Morgan fingerprint density at radius 2 is 1.64 bits per heavy atom. The first kappa shape index (κ1) is 38.4. The lowest BCUT2D eigenvalue weighted by Crippen LogP contribution is -2.54. The zero-order chi connectivity index (χ0) is 38.4. The van der Waals surface area contributed by atoms with Gasteiger partial charge in [0, 0.05) is 80.4 Å². The summed E-state index contributed by atoms with van der Waals surface area (Å²) in [6.07, 6.45) is 6.85. The molecule has 2 unspecified atom stereocenters. The van der Waals surface area contributed by atoms with Gasteiger partial charge in [0.1, 0.15) is 5.69 Å². The molecule has 55 heavy (non-hydrogen) atoms. The smallest absolute Gasteiger partial charge is 0.475 e. The first-order valence-electron chi connectivity index (χ1n) is 19.1. The van der Waals surface area contributed by atoms with Gasteiger partial charge in [-0.25, -0.2) is 9.78 Å². The van der Waals surface area contributed by atoms with Crippen molar-refractivity contribution in [1.29, 1.82) is 0 Å². The quantitative estimate of drug-likeness (QED) is 0.144. The maximum absolute atomic E-state index is 13.4. The van der Waals surface area contributed by atoms with Crippen LogP contribution in [0.2, 0.25) is 0 Å². The van der Waals surface area contributed by atoms with E-state index >= 15 is 0 Å². The number of benzene rings is 2. The number of nitrogens with zero attached hydrogens (tertiary/aromatic N) is 5. The van der Waals surface area contributed by atoms with E-state index in [4.69, 9.17) is 14.9 Å². The SMILES string of the molecule is C1CCN2CCNCC2C1.O=C(Nc1cc(-c2cccc3[nH]ccc23)cc2[nH]ncc12)c1cccc(CN2CCN3CCCCC3C2)n1.O=C(O)C(F)(F)F. The van der Waals surface area contributed by atoms with E-state index in [1.807, 2.05) is 30.5 Å². The number of piperazine rings is 2. The highest BCUT2D eigenvalue weighted by molar-refractivity contribution is 6.09.